The van der Waals surface area contributed by atoms with Gasteiger partial charge in [-0.05, 0) is 5.56 Å². The molecular formula is C18H24N4O2. The molecule has 1 saturated heterocycles. The van der Waals surface area contributed by atoms with E-state index in [-0.39, 0.29) is 18.8 Å². The Morgan fingerprint density at radius 2 is 1.92 bits per heavy atom. The van der Waals surface area contributed by atoms with Crippen LogP contribution in [0.2, 0.25) is 0 Å². The number of morpholine rings is 1. The summed E-state index contributed by atoms with van der Waals surface area (Å²) in [6.07, 6.45) is 3.52. The van der Waals surface area contributed by atoms with Gasteiger partial charge in [-0.25, -0.2) is 9.97 Å². The molecule has 1 aromatic heterocycles. The van der Waals surface area contributed by atoms with E-state index >= 15 is 0 Å². The second kappa shape index (κ2) is 7.70. The monoisotopic (exact) mass is 328 g/mol. The van der Waals surface area contributed by atoms with Gasteiger partial charge in [0.2, 0.25) is 5.95 Å². The Balaban J connectivity index is 1.81. The molecule has 6 heteroatoms. The van der Waals surface area contributed by atoms with Gasteiger partial charge in [0.25, 0.3) is 0 Å². The van der Waals surface area contributed by atoms with Gasteiger partial charge in [-0.3, -0.25) is 4.90 Å². The average Bonchev–Trinajstić information content (AvgIpc) is 2.62. The summed E-state index contributed by atoms with van der Waals surface area (Å²) in [5, 5.41) is 9.72. The molecule has 0 unspecified atom stereocenters. The molecule has 1 N–H and O–H groups in total. The molecule has 2 atom stereocenters. The third-order valence-corrected chi connectivity index (χ3v) is 4.25. The molecule has 0 spiro atoms. The van der Waals surface area contributed by atoms with E-state index in [1.807, 2.05) is 49.6 Å². The molecule has 0 radical (unpaired) electrons. The predicted molar refractivity (Wildman–Crippen MR) is 92.8 cm³/mol. The van der Waals surface area contributed by atoms with E-state index in [1.165, 1.54) is 0 Å². The first kappa shape index (κ1) is 16.8. The molecule has 1 aromatic carbocycles. The number of aromatic nitrogens is 2. The number of rotatable bonds is 5. The zero-order valence-corrected chi connectivity index (χ0v) is 14.2. The summed E-state index contributed by atoms with van der Waals surface area (Å²) in [6.45, 7) is 2.16. The molecular weight excluding hydrogens is 304 g/mol. The second-order valence-corrected chi connectivity index (χ2v) is 6.20. The van der Waals surface area contributed by atoms with Crippen molar-refractivity contribution in [1.82, 2.24) is 14.9 Å². The van der Waals surface area contributed by atoms with E-state index in [0.717, 1.165) is 24.2 Å². The van der Waals surface area contributed by atoms with Crippen molar-refractivity contribution in [2.24, 2.45) is 0 Å². The third kappa shape index (κ3) is 3.72. The first-order valence-corrected chi connectivity index (χ1v) is 8.18. The van der Waals surface area contributed by atoms with E-state index in [9.17, 15) is 5.11 Å². The highest BCUT2D eigenvalue weighted by Gasteiger charge is 2.33. The van der Waals surface area contributed by atoms with Crippen molar-refractivity contribution in [3.63, 3.8) is 0 Å². The lowest BCUT2D eigenvalue weighted by atomic mass is 9.98. The number of aliphatic hydroxyl groups excluding tert-OH is 1. The zero-order chi connectivity index (χ0) is 16.9. The van der Waals surface area contributed by atoms with Gasteiger partial charge in [0, 0.05) is 45.1 Å². The summed E-state index contributed by atoms with van der Waals surface area (Å²) in [4.78, 5) is 13.0. The van der Waals surface area contributed by atoms with Crippen LogP contribution in [0.3, 0.4) is 0 Å². The molecule has 24 heavy (non-hydrogen) atoms. The van der Waals surface area contributed by atoms with Crippen LogP contribution in [0, 0.1) is 0 Å². The molecule has 6 nitrogen and oxygen atoms in total. The van der Waals surface area contributed by atoms with E-state index in [4.69, 9.17) is 4.74 Å². The smallest absolute Gasteiger partial charge is 0.224 e. The Bertz CT molecular complexity index is 633. The first-order valence-electron chi connectivity index (χ1n) is 8.18. The SMILES string of the molecule is CN(C)c1ncc(CN2CCO[C@H](CO)[C@H]2c2ccccc2)cn1. The summed E-state index contributed by atoms with van der Waals surface area (Å²) in [5.74, 6) is 0.702. The lowest BCUT2D eigenvalue weighted by Crippen LogP contribution is -2.46. The maximum atomic E-state index is 9.72. The standard InChI is InChI=1S/C18H24N4O2/c1-21(2)18-19-10-14(11-20-18)12-22-8-9-24-16(13-23)17(22)15-6-4-3-5-7-15/h3-7,10-11,16-17,23H,8-9,12-13H2,1-2H3/t16-,17-/m1/s1. The molecule has 2 heterocycles. The first-order chi connectivity index (χ1) is 11.7. The summed E-state index contributed by atoms with van der Waals surface area (Å²) < 4.78 is 5.78. The Labute approximate surface area is 142 Å². The van der Waals surface area contributed by atoms with Gasteiger partial charge < -0.3 is 14.7 Å². The lowest BCUT2D eigenvalue weighted by molar-refractivity contribution is -0.0961. The van der Waals surface area contributed by atoms with Crippen LogP contribution in [0.1, 0.15) is 17.2 Å². The van der Waals surface area contributed by atoms with Crippen molar-refractivity contribution in [2.75, 3.05) is 38.8 Å². The van der Waals surface area contributed by atoms with Gasteiger partial charge >= 0.3 is 0 Å². The molecule has 0 saturated carbocycles. The maximum Gasteiger partial charge on any atom is 0.224 e. The summed E-state index contributed by atoms with van der Waals surface area (Å²) in [6, 6.07) is 10.2. The van der Waals surface area contributed by atoms with Crippen LogP contribution in [-0.2, 0) is 11.3 Å². The van der Waals surface area contributed by atoms with Crippen LogP contribution >= 0.6 is 0 Å². The molecule has 0 bridgehead atoms. The maximum absolute atomic E-state index is 9.72. The largest absolute Gasteiger partial charge is 0.394 e. The molecule has 2 aromatic rings. The van der Waals surface area contributed by atoms with Gasteiger partial charge in [0.05, 0.1) is 19.3 Å². The number of aliphatic hydroxyl groups is 1. The van der Waals surface area contributed by atoms with Crippen molar-refractivity contribution in [2.45, 2.75) is 18.7 Å². The van der Waals surface area contributed by atoms with Crippen LogP contribution in [0.4, 0.5) is 5.95 Å². The van der Waals surface area contributed by atoms with Crippen molar-refractivity contribution >= 4 is 5.95 Å². The van der Waals surface area contributed by atoms with Crippen LogP contribution in [0.15, 0.2) is 42.7 Å². The van der Waals surface area contributed by atoms with Crippen LogP contribution in [0.25, 0.3) is 0 Å². The molecule has 3 rings (SSSR count). The van der Waals surface area contributed by atoms with Gasteiger partial charge in [-0.15, -0.1) is 0 Å². The van der Waals surface area contributed by atoms with Crippen molar-refractivity contribution < 1.29 is 9.84 Å². The quantitative estimate of drug-likeness (QED) is 0.897. The minimum atomic E-state index is -0.219. The number of ether oxygens (including phenoxy) is 1. The van der Waals surface area contributed by atoms with Crippen LogP contribution < -0.4 is 4.90 Å². The number of benzene rings is 1. The van der Waals surface area contributed by atoms with E-state index < -0.39 is 0 Å². The fourth-order valence-corrected chi connectivity index (χ4v) is 3.09. The molecule has 0 amide bonds. The minimum absolute atomic E-state index is 0.00608. The number of nitrogens with zero attached hydrogens (tertiary/aromatic N) is 4. The minimum Gasteiger partial charge on any atom is -0.394 e. The second-order valence-electron chi connectivity index (χ2n) is 6.20. The van der Waals surface area contributed by atoms with E-state index in [2.05, 4.69) is 27.0 Å². The Morgan fingerprint density at radius 1 is 1.21 bits per heavy atom. The zero-order valence-electron chi connectivity index (χ0n) is 14.2. The van der Waals surface area contributed by atoms with Gasteiger partial charge in [0.1, 0.15) is 6.10 Å². The fourth-order valence-electron chi connectivity index (χ4n) is 3.09. The Morgan fingerprint density at radius 3 is 2.54 bits per heavy atom. The van der Waals surface area contributed by atoms with Crippen LogP contribution in [-0.4, -0.2) is 59.9 Å². The van der Waals surface area contributed by atoms with Crippen molar-refractivity contribution in [3.8, 4) is 0 Å². The van der Waals surface area contributed by atoms with Gasteiger partial charge in [0.15, 0.2) is 0 Å². The van der Waals surface area contributed by atoms with E-state index in [0.29, 0.717) is 12.6 Å². The Hall–Kier alpha value is -2.02. The van der Waals surface area contributed by atoms with Gasteiger partial charge in [-0.2, -0.15) is 0 Å². The third-order valence-electron chi connectivity index (χ3n) is 4.25. The number of hydrogen-bond donors (Lipinski definition) is 1. The molecule has 128 valence electrons. The lowest BCUT2D eigenvalue weighted by Gasteiger charge is -2.40. The fraction of sp³-hybridized carbons (Fsp3) is 0.444. The highest BCUT2D eigenvalue weighted by atomic mass is 16.5. The average molecular weight is 328 g/mol. The highest BCUT2D eigenvalue weighted by Crippen LogP contribution is 2.30. The molecule has 1 aliphatic rings. The molecule has 0 aliphatic carbocycles. The molecule has 1 fully saturated rings. The summed E-state index contributed by atoms with van der Waals surface area (Å²) in [5.41, 5.74) is 2.21. The Kier molecular flexibility index (Phi) is 5.40. The topological polar surface area (TPSA) is 61.7 Å². The van der Waals surface area contributed by atoms with Crippen molar-refractivity contribution in [1.29, 1.82) is 0 Å². The number of anilines is 1. The van der Waals surface area contributed by atoms with Crippen LogP contribution in [0.5, 0.6) is 0 Å². The predicted octanol–water partition coefficient (Wildman–Crippen LogP) is 1.48. The summed E-state index contributed by atoms with van der Waals surface area (Å²) >= 11 is 0. The summed E-state index contributed by atoms with van der Waals surface area (Å²) in [7, 11) is 3.85. The van der Waals surface area contributed by atoms with Crippen molar-refractivity contribution in [3.05, 3.63) is 53.9 Å². The molecule has 1 aliphatic heterocycles. The highest BCUT2D eigenvalue weighted by molar-refractivity contribution is 5.27. The normalized spacial score (nSPS) is 21.6. The van der Waals surface area contributed by atoms with E-state index in [1.54, 1.807) is 0 Å². The number of hydrogen-bond acceptors (Lipinski definition) is 6. The van der Waals surface area contributed by atoms with Gasteiger partial charge in [-0.1, -0.05) is 30.3 Å².